The fraction of sp³-hybridized carbons (Fsp3) is 0.158. The Labute approximate surface area is 149 Å². The van der Waals surface area contributed by atoms with Crippen molar-refractivity contribution in [1.82, 2.24) is 19.9 Å². The van der Waals surface area contributed by atoms with Gasteiger partial charge in [-0.3, -0.25) is 9.78 Å². The third-order valence-corrected chi connectivity index (χ3v) is 4.48. The van der Waals surface area contributed by atoms with E-state index in [0.717, 1.165) is 34.0 Å². The Bertz CT molecular complexity index is 1020. The van der Waals surface area contributed by atoms with E-state index in [4.69, 9.17) is 0 Å². The van der Waals surface area contributed by atoms with Gasteiger partial charge in [-0.05, 0) is 31.1 Å². The lowest BCUT2D eigenvalue weighted by atomic mass is 10.0. The smallest absolute Gasteiger partial charge is 0.256 e. The lowest BCUT2D eigenvalue weighted by molar-refractivity contribution is -0.110. The van der Waals surface area contributed by atoms with E-state index in [1.165, 1.54) is 12.8 Å². The van der Waals surface area contributed by atoms with Crippen LogP contribution < -0.4 is 10.6 Å². The first-order valence-corrected chi connectivity index (χ1v) is 8.51. The molecule has 1 saturated carbocycles. The van der Waals surface area contributed by atoms with Crippen molar-refractivity contribution in [2.75, 3.05) is 10.6 Å². The second-order valence-corrected chi connectivity index (χ2v) is 6.49. The number of aromatic amines is 1. The predicted octanol–water partition coefficient (Wildman–Crippen LogP) is 2.93. The normalized spacial score (nSPS) is 17.2. The molecule has 0 unspecified atom stereocenters. The fourth-order valence-electron chi connectivity index (χ4n) is 3.00. The lowest BCUT2D eigenvalue weighted by Gasteiger charge is -2.07. The largest absolute Gasteiger partial charge is 0.366 e. The highest BCUT2D eigenvalue weighted by molar-refractivity contribution is 6.35. The third kappa shape index (κ3) is 2.73. The van der Waals surface area contributed by atoms with Gasteiger partial charge in [0.25, 0.3) is 5.91 Å². The van der Waals surface area contributed by atoms with Gasteiger partial charge in [0.15, 0.2) is 0 Å². The molecule has 0 saturated heterocycles. The highest BCUT2D eigenvalue weighted by Crippen LogP contribution is 2.36. The summed E-state index contributed by atoms with van der Waals surface area (Å²) in [6, 6.07) is 6.34. The first-order chi connectivity index (χ1) is 12.8. The lowest BCUT2D eigenvalue weighted by Crippen LogP contribution is -2.03. The summed E-state index contributed by atoms with van der Waals surface area (Å²) in [6.45, 7) is 0. The van der Waals surface area contributed by atoms with Crippen LogP contribution in [0.3, 0.4) is 0 Å². The molecule has 7 heteroatoms. The molecule has 1 aliphatic carbocycles. The first-order valence-electron chi connectivity index (χ1n) is 8.51. The molecule has 1 aliphatic heterocycles. The van der Waals surface area contributed by atoms with E-state index in [1.54, 1.807) is 31.0 Å². The molecular formula is C19H16N6O. The quantitative estimate of drug-likeness (QED) is 0.633. The number of nitrogens with zero attached hydrogens (tertiary/aromatic N) is 3. The van der Waals surface area contributed by atoms with Gasteiger partial charge in [-0.15, -0.1) is 0 Å². The molecule has 0 radical (unpaired) electrons. The number of rotatable bonds is 4. The summed E-state index contributed by atoms with van der Waals surface area (Å²) in [5.41, 5.74) is 4.73. The van der Waals surface area contributed by atoms with Crippen LogP contribution in [-0.4, -0.2) is 31.9 Å². The summed E-state index contributed by atoms with van der Waals surface area (Å²) in [6.07, 6.45) is 10.9. The molecule has 0 bridgehead atoms. The van der Waals surface area contributed by atoms with Gasteiger partial charge in [0.2, 0.25) is 0 Å². The second kappa shape index (κ2) is 5.80. The number of aromatic nitrogens is 4. The Kier molecular flexibility index (Phi) is 3.31. The van der Waals surface area contributed by atoms with E-state index >= 15 is 0 Å². The number of imidazole rings is 1. The van der Waals surface area contributed by atoms with Crippen LogP contribution >= 0.6 is 0 Å². The molecular weight excluding hydrogens is 328 g/mol. The van der Waals surface area contributed by atoms with Crippen LogP contribution in [0.1, 0.15) is 24.1 Å². The van der Waals surface area contributed by atoms with Crippen LogP contribution in [0, 0.1) is 0 Å². The van der Waals surface area contributed by atoms with Crippen LogP contribution in [-0.2, 0) is 4.79 Å². The number of amides is 1. The maximum Gasteiger partial charge on any atom is 0.256 e. The van der Waals surface area contributed by atoms with Crippen molar-refractivity contribution in [3.8, 4) is 11.3 Å². The predicted molar refractivity (Wildman–Crippen MR) is 99.2 cm³/mol. The SMILES string of the molecule is O=C1Nc2ccc(-c3cncc(NC4CC4)n3)cc2/C1=C/c1cnc[nH]1. The van der Waals surface area contributed by atoms with E-state index < -0.39 is 0 Å². The van der Waals surface area contributed by atoms with Gasteiger partial charge in [0.1, 0.15) is 5.82 Å². The first kappa shape index (κ1) is 14.8. The molecule has 128 valence electrons. The van der Waals surface area contributed by atoms with Gasteiger partial charge >= 0.3 is 0 Å². The average molecular weight is 344 g/mol. The summed E-state index contributed by atoms with van der Waals surface area (Å²) in [5.74, 6) is 0.662. The molecule has 5 rings (SSSR count). The van der Waals surface area contributed by atoms with Crippen LogP contribution in [0.2, 0.25) is 0 Å². The molecule has 2 aliphatic rings. The molecule has 0 spiro atoms. The summed E-state index contributed by atoms with van der Waals surface area (Å²) >= 11 is 0. The number of anilines is 2. The Morgan fingerprint density at radius 2 is 2.08 bits per heavy atom. The van der Waals surface area contributed by atoms with Crippen molar-refractivity contribution in [3.63, 3.8) is 0 Å². The minimum absolute atomic E-state index is 0.123. The summed E-state index contributed by atoms with van der Waals surface area (Å²) in [4.78, 5) is 28.3. The van der Waals surface area contributed by atoms with Gasteiger partial charge in [-0.25, -0.2) is 9.97 Å². The van der Waals surface area contributed by atoms with Crippen LogP contribution in [0.15, 0.2) is 43.1 Å². The molecule has 1 fully saturated rings. The highest BCUT2D eigenvalue weighted by atomic mass is 16.2. The Balaban J connectivity index is 1.53. The zero-order valence-electron chi connectivity index (χ0n) is 13.9. The number of benzene rings is 1. The molecule has 3 heterocycles. The van der Waals surface area contributed by atoms with Crippen molar-refractivity contribution in [2.24, 2.45) is 0 Å². The van der Waals surface area contributed by atoms with Gasteiger partial charge in [-0.1, -0.05) is 6.07 Å². The monoisotopic (exact) mass is 344 g/mol. The van der Waals surface area contributed by atoms with E-state index in [2.05, 4.69) is 30.6 Å². The minimum Gasteiger partial charge on any atom is -0.366 e. The molecule has 3 N–H and O–H groups in total. The maximum atomic E-state index is 12.3. The number of nitrogens with one attached hydrogen (secondary N) is 3. The van der Waals surface area contributed by atoms with Crippen molar-refractivity contribution >= 4 is 29.1 Å². The maximum absolute atomic E-state index is 12.3. The number of carbonyl (C=O) groups excluding carboxylic acids is 1. The fourth-order valence-corrected chi connectivity index (χ4v) is 3.00. The van der Waals surface area contributed by atoms with Gasteiger partial charge in [-0.2, -0.15) is 0 Å². The minimum atomic E-state index is -0.123. The molecule has 1 amide bonds. The second-order valence-electron chi connectivity index (χ2n) is 6.49. The average Bonchev–Trinajstić information content (AvgIpc) is 3.21. The number of H-pyrrole nitrogens is 1. The van der Waals surface area contributed by atoms with E-state index in [-0.39, 0.29) is 5.91 Å². The Morgan fingerprint density at radius 3 is 2.88 bits per heavy atom. The summed E-state index contributed by atoms with van der Waals surface area (Å²) < 4.78 is 0. The zero-order chi connectivity index (χ0) is 17.5. The molecule has 1 aromatic carbocycles. The number of carbonyl (C=O) groups is 1. The number of hydrogen-bond acceptors (Lipinski definition) is 5. The van der Waals surface area contributed by atoms with Gasteiger partial charge in [0.05, 0.1) is 41.9 Å². The standard InChI is InChI=1S/C19H16N6O/c26-19-15(6-13-7-21-10-22-13)14-5-11(1-4-16(14)25-19)17-8-20-9-18(24-17)23-12-2-3-12/h1,4-10,12H,2-3H2,(H,21,22)(H,23,24)(H,25,26)/b15-6-. The van der Waals surface area contributed by atoms with E-state index in [9.17, 15) is 4.79 Å². The summed E-state index contributed by atoms with van der Waals surface area (Å²) in [5, 5.41) is 6.26. The summed E-state index contributed by atoms with van der Waals surface area (Å²) in [7, 11) is 0. The Morgan fingerprint density at radius 1 is 1.15 bits per heavy atom. The van der Waals surface area contributed by atoms with Gasteiger partial charge in [0, 0.05) is 22.9 Å². The van der Waals surface area contributed by atoms with Crippen molar-refractivity contribution in [1.29, 1.82) is 0 Å². The number of fused-ring (bicyclic) bond motifs is 1. The molecule has 7 nitrogen and oxygen atoms in total. The molecule has 26 heavy (non-hydrogen) atoms. The molecule has 0 atom stereocenters. The number of hydrogen-bond donors (Lipinski definition) is 3. The van der Waals surface area contributed by atoms with Crippen LogP contribution in [0.25, 0.3) is 22.9 Å². The zero-order valence-corrected chi connectivity index (χ0v) is 13.9. The van der Waals surface area contributed by atoms with Crippen LogP contribution in [0.4, 0.5) is 11.5 Å². The topological polar surface area (TPSA) is 95.6 Å². The highest BCUT2D eigenvalue weighted by Gasteiger charge is 2.25. The van der Waals surface area contributed by atoms with E-state index in [1.807, 2.05) is 18.2 Å². The third-order valence-electron chi connectivity index (χ3n) is 4.48. The van der Waals surface area contributed by atoms with Crippen molar-refractivity contribution in [2.45, 2.75) is 18.9 Å². The van der Waals surface area contributed by atoms with Crippen molar-refractivity contribution < 1.29 is 4.79 Å². The Hall–Kier alpha value is -3.48. The van der Waals surface area contributed by atoms with Crippen LogP contribution in [0.5, 0.6) is 0 Å². The van der Waals surface area contributed by atoms with Crippen molar-refractivity contribution in [3.05, 3.63) is 54.4 Å². The van der Waals surface area contributed by atoms with E-state index in [0.29, 0.717) is 11.6 Å². The van der Waals surface area contributed by atoms with Gasteiger partial charge < -0.3 is 15.6 Å². The molecule has 3 aromatic rings. The molecule has 2 aromatic heterocycles.